The average Bonchev–Trinajstić information content (AvgIpc) is 3.30. The molecule has 0 unspecified atom stereocenters. The Morgan fingerprint density at radius 3 is 2.49 bits per heavy atom. The van der Waals surface area contributed by atoms with Crippen LogP contribution in [0.4, 0.5) is 14.7 Å². The van der Waals surface area contributed by atoms with Gasteiger partial charge in [-0.25, -0.2) is 18.7 Å². The van der Waals surface area contributed by atoms with Crippen LogP contribution in [0.1, 0.15) is 12.0 Å². The van der Waals surface area contributed by atoms with Crippen LogP contribution in [0.25, 0.3) is 0 Å². The lowest BCUT2D eigenvalue weighted by atomic mass is 10.1. The highest BCUT2D eigenvalue weighted by atomic mass is 19.1. The van der Waals surface area contributed by atoms with Gasteiger partial charge in [-0.15, -0.1) is 0 Å². The summed E-state index contributed by atoms with van der Waals surface area (Å²) in [5.74, 6) is -1.97. The van der Waals surface area contributed by atoms with E-state index >= 15 is 0 Å². The van der Waals surface area contributed by atoms with E-state index in [0.29, 0.717) is 25.2 Å². The second kappa shape index (κ2) is 12.0. The van der Waals surface area contributed by atoms with Gasteiger partial charge >= 0.3 is 0 Å². The van der Waals surface area contributed by atoms with E-state index in [0.717, 1.165) is 12.3 Å². The molecule has 1 fully saturated rings. The first-order chi connectivity index (χ1) is 16.9. The van der Waals surface area contributed by atoms with Gasteiger partial charge in [0.2, 0.25) is 5.95 Å². The summed E-state index contributed by atoms with van der Waals surface area (Å²) >= 11 is 0. The Hall–Kier alpha value is -3.84. The van der Waals surface area contributed by atoms with Gasteiger partial charge in [0.15, 0.2) is 35.4 Å². The molecule has 35 heavy (non-hydrogen) atoms. The van der Waals surface area contributed by atoms with Crippen LogP contribution in [0.15, 0.2) is 30.4 Å². The van der Waals surface area contributed by atoms with E-state index in [2.05, 4.69) is 15.3 Å². The molecular weight excluding hydrogens is 466 g/mol. The van der Waals surface area contributed by atoms with Gasteiger partial charge in [0.05, 0.1) is 38.3 Å². The SMILES string of the molecule is COc1cc(OC)c(F)c(COc2cnc(N/C(C=N)=C/[NH2+]CC(=O)N3CC[C@@H](O)C3)nc2)c1F. The summed E-state index contributed by atoms with van der Waals surface area (Å²) < 4.78 is 44.1. The van der Waals surface area contributed by atoms with E-state index in [1.165, 1.54) is 26.6 Å². The smallest absolute Gasteiger partial charge is 0.278 e. The molecule has 0 saturated carbocycles. The average molecular weight is 493 g/mol. The lowest BCUT2D eigenvalue weighted by Crippen LogP contribution is -2.81. The van der Waals surface area contributed by atoms with E-state index in [1.807, 2.05) is 0 Å². The van der Waals surface area contributed by atoms with Crippen LogP contribution in [0, 0.1) is 17.0 Å². The number of carbonyl (C=O) groups excluding carboxylic acids is 1. The number of likely N-dealkylation sites (tertiary alicyclic amines) is 1. The molecule has 1 amide bonds. The predicted molar refractivity (Wildman–Crippen MR) is 120 cm³/mol. The number of hydrogen-bond donors (Lipinski definition) is 4. The van der Waals surface area contributed by atoms with E-state index in [-0.39, 0.29) is 41.2 Å². The van der Waals surface area contributed by atoms with Crippen molar-refractivity contribution in [2.75, 3.05) is 39.2 Å². The number of nitrogens with two attached hydrogens (primary N) is 1. The number of amides is 1. The Morgan fingerprint density at radius 2 is 1.94 bits per heavy atom. The molecule has 11 nitrogen and oxygen atoms in total. The summed E-state index contributed by atoms with van der Waals surface area (Å²) in [4.78, 5) is 21.8. The van der Waals surface area contributed by atoms with Crippen LogP contribution < -0.4 is 24.8 Å². The third-order valence-electron chi connectivity index (χ3n) is 5.19. The number of aliphatic hydroxyl groups excluding tert-OH is 1. The number of nitrogens with zero attached hydrogens (tertiary/aromatic N) is 3. The molecule has 1 aromatic heterocycles. The number of carbonyl (C=O) groups is 1. The lowest BCUT2D eigenvalue weighted by molar-refractivity contribution is -0.577. The second-order valence-corrected chi connectivity index (χ2v) is 7.53. The number of anilines is 1. The highest BCUT2D eigenvalue weighted by Gasteiger charge is 2.25. The van der Waals surface area contributed by atoms with E-state index < -0.39 is 24.3 Å². The molecule has 0 bridgehead atoms. The summed E-state index contributed by atoms with van der Waals surface area (Å²) in [5, 5.41) is 21.5. The zero-order valence-electron chi connectivity index (χ0n) is 19.3. The molecule has 0 spiro atoms. The van der Waals surface area contributed by atoms with Gasteiger partial charge in [-0.05, 0) is 6.42 Å². The van der Waals surface area contributed by atoms with E-state index in [1.54, 1.807) is 16.4 Å². The summed E-state index contributed by atoms with van der Waals surface area (Å²) in [6.45, 7) is 0.532. The van der Waals surface area contributed by atoms with Crippen molar-refractivity contribution < 1.29 is 38.2 Å². The number of ether oxygens (including phenoxy) is 3. The topological polar surface area (TPSA) is 146 Å². The first-order valence-corrected chi connectivity index (χ1v) is 10.7. The summed E-state index contributed by atoms with van der Waals surface area (Å²) in [6.07, 6.45) is 5.28. The summed E-state index contributed by atoms with van der Waals surface area (Å²) in [6, 6.07) is 1.11. The summed E-state index contributed by atoms with van der Waals surface area (Å²) in [5.41, 5.74) is -0.0357. The standard InChI is InChI=1S/C22H26F2N6O5/c1-33-17-5-18(34-2)21(24)16(20(17)23)12-35-15-8-27-22(28-9-15)29-13(6-25)7-26-10-19(32)30-4-3-14(31)11-30/h5-9,14,25-26,31H,3-4,10-12H2,1-2H3,(H,27,28,29)/p+1/b13-7+,25-6?/t14-/m1/s1. The number of nitrogens with one attached hydrogen (secondary N) is 2. The van der Waals surface area contributed by atoms with Gasteiger partial charge in [0.25, 0.3) is 5.91 Å². The van der Waals surface area contributed by atoms with Crippen molar-refractivity contribution in [3.63, 3.8) is 0 Å². The van der Waals surface area contributed by atoms with Crippen molar-refractivity contribution in [1.29, 1.82) is 5.41 Å². The van der Waals surface area contributed by atoms with Crippen molar-refractivity contribution in [3.05, 3.63) is 47.6 Å². The molecule has 2 heterocycles. The minimum absolute atomic E-state index is 0.110. The molecular formula is C22H27F2N6O5+. The minimum atomic E-state index is -0.901. The van der Waals surface area contributed by atoms with Crippen molar-refractivity contribution in [1.82, 2.24) is 14.9 Å². The second-order valence-electron chi connectivity index (χ2n) is 7.53. The van der Waals surface area contributed by atoms with Gasteiger partial charge < -0.3 is 40.3 Å². The van der Waals surface area contributed by atoms with Crippen LogP contribution in [-0.2, 0) is 11.4 Å². The van der Waals surface area contributed by atoms with Crippen molar-refractivity contribution in [2.24, 2.45) is 0 Å². The Kier molecular flexibility index (Phi) is 8.86. The molecule has 1 aliphatic rings. The fraction of sp³-hybridized carbons (Fsp3) is 0.364. The van der Waals surface area contributed by atoms with Crippen LogP contribution in [0.2, 0.25) is 0 Å². The van der Waals surface area contributed by atoms with Crippen molar-refractivity contribution in [2.45, 2.75) is 19.1 Å². The molecule has 1 aliphatic heterocycles. The normalized spacial score (nSPS) is 15.6. The van der Waals surface area contributed by atoms with Gasteiger partial charge in [0.1, 0.15) is 18.5 Å². The Labute approximate surface area is 200 Å². The first-order valence-electron chi connectivity index (χ1n) is 10.7. The maximum atomic E-state index is 14.4. The summed E-state index contributed by atoms with van der Waals surface area (Å²) in [7, 11) is 2.51. The number of aromatic nitrogens is 2. The lowest BCUT2D eigenvalue weighted by Gasteiger charge is -2.13. The van der Waals surface area contributed by atoms with Gasteiger partial charge in [-0.2, -0.15) is 0 Å². The zero-order valence-corrected chi connectivity index (χ0v) is 19.3. The Bertz CT molecular complexity index is 1050. The van der Waals surface area contributed by atoms with Crippen LogP contribution >= 0.6 is 0 Å². The Balaban J connectivity index is 1.56. The predicted octanol–water partition coefficient (Wildman–Crippen LogP) is 0.410. The van der Waals surface area contributed by atoms with Gasteiger partial charge in [0, 0.05) is 25.4 Å². The molecule has 1 aromatic carbocycles. The van der Waals surface area contributed by atoms with Crippen LogP contribution in [0.3, 0.4) is 0 Å². The zero-order chi connectivity index (χ0) is 25.4. The monoisotopic (exact) mass is 493 g/mol. The number of methoxy groups -OCH3 is 2. The maximum Gasteiger partial charge on any atom is 0.278 e. The third-order valence-corrected chi connectivity index (χ3v) is 5.19. The van der Waals surface area contributed by atoms with Crippen LogP contribution in [0.5, 0.6) is 17.2 Å². The number of aliphatic hydroxyl groups is 1. The van der Waals surface area contributed by atoms with Gasteiger partial charge in [-0.3, -0.25) is 4.79 Å². The van der Waals surface area contributed by atoms with Crippen molar-refractivity contribution >= 4 is 18.1 Å². The molecule has 1 saturated heterocycles. The molecule has 188 valence electrons. The highest BCUT2D eigenvalue weighted by molar-refractivity contribution is 5.79. The number of β-amino-alcohol motifs (C(OH)–C–C–N with tert-alkyl or cyclic N) is 1. The van der Waals surface area contributed by atoms with E-state index in [9.17, 15) is 18.7 Å². The molecule has 5 N–H and O–H groups in total. The number of hydrogen-bond acceptors (Lipinski definition) is 9. The molecule has 1 atom stereocenters. The molecule has 13 heteroatoms. The molecule has 0 aliphatic carbocycles. The molecule has 0 radical (unpaired) electrons. The number of quaternary nitrogens is 1. The first kappa shape index (κ1) is 25.8. The largest absolute Gasteiger partial charge is 0.494 e. The number of benzene rings is 1. The third kappa shape index (κ3) is 6.61. The number of allylic oxidation sites excluding steroid dienone is 1. The fourth-order valence-corrected chi connectivity index (χ4v) is 3.31. The van der Waals surface area contributed by atoms with E-state index in [4.69, 9.17) is 19.6 Å². The fourth-order valence-electron chi connectivity index (χ4n) is 3.31. The minimum Gasteiger partial charge on any atom is -0.494 e. The maximum absolute atomic E-state index is 14.4. The van der Waals surface area contributed by atoms with Gasteiger partial charge in [-0.1, -0.05) is 0 Å². The Morgan fingerprint density at radius 1 is 1.29 bits per heavy atom. The number of halogens is 2. The van der Waals surface area contributed by atoms with Crippen molar-refractivity contribution in [3.8, 4) is 17.2 Å². The van der Waals surface area contributed by atoms with Crippen LogP contribution in [-0.4, -0.2) is 72.1 Å². The quantitative estimate of drug-likeness (QED) is 0.329. The molecule has 3 rings (SSSR count). The molecule has 2 aromatic rings. The highest BCUT2D eigenvalue weighted by Crippen LogP contribution is 2.31. The number of rotatable bonds is 11.